The molecular weight excluding hydrogens is 402 g/mol. The van der Waals surface area contributed by atoms with Gasteiger partial charge < -0.3 is 24.6 Å². The van der Waals surface area contributed by atoms with Gasteiger partial charge in [-0.1, -0.05) is 27.7 Å². The van der Waals surface area contributed by atoms with E-state index in [2.05, 4.69) is 4.74 Å². The van der Waals surface area contributed by atoms with Gasteiger partial charge >= 0.3 is 17.9 Å². The van der Waals surface area contributed by atoms with Crippen LogP contribution >= 0.6 is 0 Å². The summed E-state index contributed by atoms with van der Waals surface area (Å²) in [6.45, 7) is 16.1. The number of likely N-dealkylation sites (N-methyl/N-ethyl adjacent to an activating group) is 1. The summed E-state index contributed by atoms with van der Waals surface area (Å²) in [6.07, 6.45) is 2.28. The second-order valence-corrected chi connectivity index (χ2v) is 8.92. The number of carboxylic acid groups (broad SMARTS) is 1. The number of carboxylic acids is 1. The van der Waals surface area contributed by atoms with Crippen molar-refractivity contribution in [1.29, 1.82) is 0 Å². The third-order valence-corrected chi connectivity index (χ3v) is 5.02. The Hall–Kier alpha value is -1.67. The molecule has 31 heavy (non-hydrogen) atoms. The normalized spacial score (nSPS) is 12.0. The van der Waals surface area contributed by atoms with Crippen molar-refractivity contribution < 1.29 is 34.1 Å². The molecule has 0 radical (unpaired) electrons. The molecule has 0 saturated heterocycles. The maximum atomic E-state index is 11.4. The first-order valence-corrected chi connectivity index (χ1v) is 11.0. The second kappa shape index (κ2) is 18.0. The summed E-state index contributed by atoms with van der Waals surface area (Å²) in [4.78, 5) is 34.5. The van der Waals surface area contributed by atoms with E-state index in [4.69, 9.17) is 14.9 Å². The summed E-state index contributed by atoms with van der Waals surface area (Å²) < 4.78 is 9.78. The van der Waals surface area contributed by atoms with E-state index < -0.39 is 11.4 Å². The molecular formula is C23H47NO7. The molecule has 0 bridgehead atoms. The van der Waals surface area contributed by atoms with Crippen molar-refractivity contribution in [3.8, 4) is 0 Å². The van der Waals surface area contributed by atoms with Crippen LogP contribution in [0.4, 0.5) is 0 Å². The fraction of sp³-hybridized carbons (Fsp3) is 0.870. The largest absolute Gasteiger partial charge is 0.481 e. The molecule has 0 rings (SSSR count). The van der Waals surface area contributed by atoms with Gasteiger partial charge in [0.25, 0.3) is 0 Å². The maximum Gasteiger partial charge on any atom is 0.311 e. The van der Waals surface area contributed by atoms with Crippen molar-refractivity contribution in [3.63, 3.8) is 0 Å². The SMILES string of the molecule is CCC(C)(C)C(=O)O.CCC(C)(C)C(=O)OCCN(C)C.CCC(C)C(=O)OCCO. The third-order valence-electron chi connectivity index (χ3n) is 5.02. The molecule has 0 fully saturated rings. The minimum Gasteiger partial charge on any atom is -0.481 e. The average Bonchev–Trinajstić information content (AvgIpc) is 2.71. The molecule has 1 atom stereocenters. The zero-order chi connectivity index (χ0) is 25.3. The van der Waals surface area contributed by atoms with Gasteiger partial charge in [-0.2, -0.15) is 0 Å². The van der Waals surface area contributed by atoms with E-state index >= 15 is 0 Å². The van der Waals surface area contributed by atoms with Gasteiger partial charge in [-0.3, -0.25) is 14.4 Å². The lowest BCUT2D eigenvalue weighted by molar-refractivity contribution is -0.154. The van der Waals surface area contributed by atoms with Crippen molar-refractivity contribution in [2.45, 2.75) is 74.7 Å². The van der Waals surface area contributed by atoms with Crippen molar-refractivity contribution >= 4 is 17.9 Å². The van der Waals surface area contributed by atoms with Crippen molar-refractivity contribution in [2.24, 2.45) is 16.7 Å². The van der Waals surface area contributed by atoms with E-state index in [0.29, 0.717) is 13.0 Å². The Bertz CT molecular complexity index is 502. The average molecular weight is 450 g/mol. The van der Waals surface area contributed by atoms with Crippen LogP contribution in [0.2, 0.25) is 0 Å². The molecule has 8 heteroatoms. The van der Waals surface area contributed by atoms with Gasteiger partial charge in [0.1, 0.15) is 13.2 Å². The van der Waals surface area contributed by atoms with E-state index in [-0.39, 0.29) is 36.5 Å². The van der Waals surface area contributed by atoms with Crippen LogP contribution in [0, 0.1) is 16.7 Å². The summed E-state index contributed by atoms with van der Waals surface area (Å²) in [5.41, 5.74) is -0.883. The predicted molar refractivity (Wildman–Crippen MR) is 123 cm³/mol. The van der Waals surface area contributed by atoms with E-state index in [1.54, 1.807) is 20.8 Å². The Morgan fingerprint density at radius 1 is 0.903 bits per heavy atom. The van der Waals surface area contributed by atoms with Crippen LogP contribution in [0.3, 0.4) is 0 Å². The Morgan fingerprint density at radius 2 is 1.39 bits per heavy atom. The van der Waals surface area contributed by atoms with Gasteiger partial charge in [-0.05, 0) is 61.1 Å². The van der Waals surface area contributed by atoms with Gasteiger partial charge in [-0.25, -0.2) is 0 Å². The lowest BCUT2D eigenvalue weighted by Crippen LogP contribution is -2.28. The molecule has 0 amide bonds. The van der Waals surface area contributed by atoms with Crippen LogP contribution in [0.25, 0.3) is 0 Å². The Morgan fingerprint density at radius 3 is 1.68 bits per heavy atom. The van der Waals surface area contributed by atoms with Gasteiger partial charge in [0.2, 0.25) is 0 Å². The van der Waals surface area contributed by atoms with Gasteiger partial charge in [0, 0.05) is 6.54 Å². The van der Waals surface area contributed by atoms with Crippen molar-refractivity contribution in [2.75, 3.05) is 40.5 Å². The van der Waals surface area contributed by atoms with Gasteiger partial charge in [0.15, 0.2) is 0 Å². The standard InChI is InChI=1S/C10H21NO2.C7H14O3.C6H12O2/c1-6-10(2,3)9(12)13-8-7-11(4)5;1-3-6(2)7(9)10-5-4-8;1-4-6(2,3)5(7)8/h6-8H2,1-5H3;6,8H,3-5H2,1-2H3;4H2,1-3H3,(H,7,8). The summed E-state index contributed by atoms with van der Waals surface area (Å²) in [6, 6.07) is 0. The maximum absolute atomic E-state index is 11.4. The molecule has 1 unspecified atom stereocenters. The first-order chi connectivity index (χ1) is 14.1. The van der Waals surface area contributed by atoms with Crippen LogP contribution in [0.5, 0.6) is 0 Å². The minimum absolute atomic E-state index is 0.0495. The summed E-state index contributed by atoms with van der Waals surface area (Å²) in [7, 11) is 3.91. The van der Waals surface area contributed by atoms with Crippen LogP contribution in [0.15, 0.2) is 0 Å². The fourth-order valence-electron chi connectivity index (χ4n) is 1.27. The van der Waals surface area contributed by atoms with Crippen LogP contribution < -0.4 is 0 Å². The summed E-state index contributed by atoms with van der Waals surface area (Å²) in [5, 5.41) is 16.7. The number of carbonyl (C=O) groups excluding carboxylic acids is 2. The number of hydrogen-bond donors (Lipinski definition) is 2. The Balaban J connectivity index is -0.000000392. The van der Waals surface area contributed by atoms with Crippen molar-refractivity contribution in [3.05, 3.63) is 0 Å². The lowest BCUT2D eigenvalue weighted by atomic mass is 9.91. The van der Waals surface area contributed by atoms with E-state index in [1.807, 2.05) is 53.6 Å². The Kier molecular flexibility index (Phi) is 19.7. The number of ether oxygens (including phenoxy) is 2. The number of aliphatic carboxylic acids is 1. The highest BCUT2D eigenvalue weighted by atomic mass is 16.5. The Labute approximate surface area is 189 Å². The lowest BCUT2D eigenvalue weighted by Gasteiger charge is -2.20. The highest BCUT2D eigenvalue weighted by molar-refractivity contribution is 5.75. The number of hydrogen-bond acceptors (Lipinski definition) is 7. The molecule has 0 heterocycles. The first kappa shape index (κ1) is 34.0. The zero-order valence-corrected chi connectivity index (χ0v) is 21.4. The highest BCUT2D eigenvalue weighted by Crippen LogP contribution is 2.21. The molecule has 2 N–H and O–H groups in total. The quantitative estimate of drug-likeness (QED) is 0.460. The van der Waals surface area contributed by atoms with Gasteiger partial charge in [0.05, 0.1) is 23.4 Å². The first-order valence-electron chi connectivity index (χ1n) is 11.0. The van der Waals surface area contributed by atoms with E-state index in [1.165, 1.54) is 0 Å². The number of aliphatic hydroxyl groups is 1. The van der Waals surface area contributed by atoms with E-state index in [9.17, 15) is 14.4 Å². The van der Waals surface area contributed by atoms with Crippen LogP contribution in [-0.4, -0.2) is 73.5 Å². The molecule has 0 aliphatic carbocycles. The monoisotopic (exact) mass is 449 g/mol. The second-order valence-electron chi connectivity index (χ2n) is 8.92. The zero-order valence-electron chi connectivity index (χ0n) is 21.4. The molecule has 8 nitrogen and oxygen atoms in total. The molecule has 186 valence electrons. The topological polar surface area (TPSA) is 113 Å². The predicted octanol–water partition coefficient (Wildman–Crippen LogP) is 3.60. The molecule has 0 aliphatic rings. The highest BCUT2D eigenvalue weighted by Gasteiger charge is 2.26. The minimum atomic E-state index is -0.722. The number of aliphatic hydroxyl groups excluding tert-OH is 1. The fourth-order valence-corrected chi connectivity index (χ4v) is 1.27. The number of esters is 2. The van der Waals surface area contributed by atoms with E-state index in [0.717, 1.165) is 19.4 Å². The number of nitrogens with zero attached hydrogens (tertiary/aromatic N) is 1. The summed E-state index contributed by atoms with van der Waals surface area (Å²) >= 11 is 0. The molecule has 0 aromatic rings. The molecule has 0 aromatic heterocycles. The molecule has 0 saturated carbocycles. The number of carbonyl (C=O) groups is 3. The van der Waals surface area contributed by atoms with Gasteiger partial charge in [-0.15, -0.1) is 0 Å². The third kappa shape index (κ3) is 18.8. The van der Waals surface area contributed by atoms with Crippen LogP contribution in [0.1, 0.15) is 74.7 Å². The van der Waals surface area contributed by atoms with Crippen LogP contribution in [-0.2, 0) is 23.9 Å². The summed E-state index contributed by atoms with van der Waals surface area (Å²) in [5.74, 6) is -1.10. The molecule has 0 aliphatic heterocycles. The van der Waals surface area contributed by atoms with Crippen molar-refractivity contribution in [1.82, 2.24) is 4.90 Å². The smallest absolute Gasteiger partial charge is 0.311 e. The molecule has 0 aromatic carbocycles. The molecule has 0 spiro atoms. The number of rotatable bonds is 11.